The van der Waals surface area contributed by atoms with Crippen molar-refractivity contribution in [3.05, 3.63) is 65.9 Å². The van der Waals surface area contributed by atoms with Crippen molar-refractivity contribution < 1.29 is 14.0 Å². The third kappa shape index (κ3) is 2.58. The number of benzene rings is 2. The lowest BCUT2D eigenvalue weighted by Crippen LogP contribution is -2.48. The zero-order valence-corrected chi connectivity index (χ0v) is 13.9. The average Bonchev–Trinajstić information content (AvgIpc) is 3.23. The van der Waals surface area contributed by atoms with E-state index in [0.717, 1.165) is 16.6 Å². The molecule has 1 atom stereocenters. The Balaban J connectivity index is 1.76. The number of furan rings is 1. The van der Waals surface area contributed by atoms with Crippen LogP contribution in [0.3, 0.4) is 0 Å². The number of nitrogens with zero attached hydrogens (tertiary/aromatic N) is 1. The molecule has 4 rings (SSSR count). The smallest absolute Gasteiger partial charge is 0.294 e. The van der Waals surface area contributed by atoms with Gasteiger partial charge in [0.05, 0.1) is 0 Å². The number of hydrogen-bond donors (Lipinski definition) is 1. The summed E-state index contributed by atoms with van der Waals surface area (Å²) in [6, 6.07) is 16.3. The van der Waals surface area contributed by atoms with Crippen LogP contribution in [0.4, 0.5) is 5.69 Å². The fraction of sp³-hybridized carbons (Fsp3) is 0.200. The molecule has 5 nitrogen and oxygen atoms in total. The summed E-state index contributed by atoms with van der Waals surface area (Å²) in [6.07, 6.45) is 0.508. The maximum atomic E-state index is 13.2. The summed E-state index contributed by atoms with van der Waals surface area (Å²) in [7, 11) is 0. The number of likely N-dealkylation sites (N-methyl/N-ethyl adjacent to an activating group) is 1. The molecule has 1 aliphatic rings. The van der Waals surface area contributed by atoms with Crippen LogP contribution >= 0.6 is 0 Å². The zero-order valence-electron chi connectivity index (χ0n) is 13.9. The minimum absolute atomic E-state index is 0.150. The van der Waals surface area contributed by atoms with E-state index in [4.69, 9.17) is 4.42 Å². The highest BCUT2D eigenvalue weighted by Crippen LogP contribution is 2.34. The minimum Gasteiger partial charge on any atom is -0.451 e. The van der Waals surface area contributed by atoms with Gasteiger partial charge in [0.25, 0.3) is 5.91 Å². The fourth-order valence-electron chi connectivity index (χ4n) is 3.34. The van der Waals surface area contributed by atoms with E-state index in [1.165, 1.54) is 0 Å². The molecule has 0 saturated heterocycles. The molecule has 0 radical (unpaired) electrons. The predicted molar refractivity (Wildman–Crippen MR) is 95.6 cm³/mol. The Kier molecular flexibility index (Phi) is 3.76. The van der Waals surface area contributed by atoms with E-state index >= 15 is 0 Å². The lowest BCUT2D eigenvalue weighted by molar-refractivity contribution is -0.122. The highest BCUT2D eigenvalue weighted by molar-refractivity contribution is 6.11. The first kappa shape index (κ1) is 15.4. The van der Waals surface area contributed by atoms with E-state index in [9.17, 15) is 9.59 Å². The normalized spacial score (nSPS) is 16.0. The van der Waals surface area contributed by atoms with Crippen molar-refractivity contribution in [2.75, 3.05) is 11.4 Å². The lowest BCUT2D eigenvalue weighted by atomic mass is 10.1. The van der Waals surface area contributed by atoms with E-state index in [-0.39, 0.29) is 17.6 Å². The van der Waals surface area contributed by atoms with Gasteiger partial charge in [0, 0.05) is 24.0 Å². The quantitative estimate of drug-likeness (QED) is 0.800. The maximum absolute atomic E-state index is 13.2. The predicted octanol–water partition coefficient (Wildman–Crippen LogP) is 3.14. The summed E-state index contributed by atoms with van der Waals surface area (Å²) in [5.41, 5.74) is 2.42. The Morgan fingerprint density at radius 2 is 1.92 bits per heavy atom. The number of fused-ring (bicyclic) bond motifs is 2. The summed E-state index contributed by atoms with van der Waals surface area (Å²) in [4.78, 5) is 27.2. The van der Waals surface area contributed by atoms with E-state index in [2.05, 4.69) is 5.32 Å². The monoisotopic (exact) mass is 334 g/mol. The molecular weight excluding hydrogens is 316 g/mol. The van der Waals surface area contributed by atoms with Crippen LogP contribution in [-0.2, 0) is 11.2 Å². The van der Waals surface area contributed by atoms with Crippen molar-refractivity contribution in [1.29, 1.82) is 0 Å². The fourth-order valence-corrected chi connectivity index (χ4v) is 3.34. The van der Waals surface area contributed by atoms with Gasteiger partial charge in [-0.1, -0.05) is 36.4 Å². The number of amides is 2. The van der Waals surface area contributed by atoms with Crippen LogP contribution < -0.4 is 10.2 Å². The Hall–Kier alpha value is -3.08. The number of rotatable bonds is 3. The Morgan fingerprint density at radius 3 is 2.72 bits per heavy atom. The second kappa shape index (κ2) is 6.09. The van der Waals surface area contributed by atoms with Gasteiger partial charge in [0.15, 0.2) is 5.76 Å². The first-order valence-electron chi connectivity index (χ1n) is 8.37. The molecule has 126 valence electrons. The summed E-state index contributed by atoms with van der Waals surface area (Å²) in [5.74, 6) is -0.201. The number of anilines is 1. The number of hydrogen-bond acceptors (Lipinski definition) is 3. The van der Waals surface area contributed by atoms with Gasteiger partial charge >= 0.3 is 0 Å². The van der Waals surface area contributed by atoms with Crippen LogP contribution in [0.1, 0.15) is 23.0 Å². The maximum Gasteiger partial charge on any atom is 0.294 e. The van der Waals surface area contributed by atoms with E-state index < -0.39 is 6.04 Å². The second-order valence-electron chi connectivity index (χ2n) is 6.07. The van der Waals surface area contributed by atoms with Gasteiger partial charge in [-0.05, 0) is 30.7 Å². The van der Waals surface area contributed by atoms with Crippen LogP contribution in [0.15, 0.2) is 59.0 Å². The third-order valence-corrected chi connectivity index (χ3v) is 4.48. The topological polar surface area (TPSA) is 62.6 Å². The molecule has 1 aromatic heterocycles. The second-order valence-corrected chi connectivity index (χ2v) is 6.07. The first-order valence-corrected chi connectivity index (χ1v) is 8.37. The van der Waals surface area contributed by atoms with Crippen LogP contribution in [0.25, 0.3) is 11.0 Å². The third-order valence-electron chi connectivity index (χ3n) is 4.48. The average molecular weight is 334 g/mol. The Bertz CT molecular complexity index is 927. The summed E-state index contributed by atoms with van der Waals surface area (Å²) in [6.45, 7) is 2.39. The summed E-state index contributed by atoms with van der Waals surface area (Å²) >= 11 is 0. The zero-order chi connectivity index (χ0) is 17.4. The summed E-state index contributed by atoms with van der Waals surface area (Å²) < 4.78 is 5.72. The minimum atomic E-state index is -0.557. The van der Waals surface area contributed by atoms with E-state index in [1.807, 2.05) is 55.5 Å². The molecule has 3 aromatic rings. The highest BCUT2D eigenvalue weighted by atomic mass is 16.3. The number of carbonyl (C=O) groups is 2. The van der Waals surface area contributed by atoms with Gasteiger partial charge in [0.2, 0.25) is 5.91 Å². The van der Waals surface area contributed by atoms with Gasteiger partial charge in [0.1, 0.15) is 11.6 Å². The lowest BCUT2D eigenvalue weighted by Gasteiger charge is -2.23. The van der Waals surface area contributed by atoms with Crippen LogP contribution in [-0.4, -0.2) is 24.4 Å². The number of nitrogens with one attached hydrogen (secondary N) is 1. The van der Waals surface area contributed by atoms with Gasteiger partial charge in [-0.2, -0.15) is 0 Å². The first-order chi connectivity index (χ1) is 12.2. The summed E-state index contributed by atoms with van der Waals surface area (Å²) in [5, 5.41) is 3.69. The highest BCUT2D eigenvalue weighted by Gasteiger charge is 2.39. The molecule has 0 unspecified atom stereocenters. The molecule has 1 aliphatic heterocycles. The van der Waals surface area contributed by atoms with Crippen molar-refractivity contribution in [2.24, 2.45) is 0 Å². The van der Waals surface area contributed by atoms with Crippen molar-refractivity contribution in [2.45, 2.75) is 19.4 Å². The molecule has 0 fully saturated rings. The number of para-hydroxylation sites is 2. The molecule has 2 heterocycles. The molecule has 2 aromatic carbocycles. The van der Waals surface area contributed by atoms with Gasteiger partial charge < -0.3 is 9.73 Å². The van der Waals surface area contributed by atoms with E-state index in [1.54, 1.807) is 11.0 Å². The van der Waals surface area contributed by atoms with Gasteiger partial charge in [-0.25, -0.2) is 0 Å². The Morgan fingerprint density at radius 1 is 1.16 bits per heavy atom. The standard InChI is InChI=1S/C20H18N2O3/c1-2-21-19(23)16-11-13-7-3-5-9-15(13)22(16)20(24)18-12-14-8-4-6-10-17(14)25-18/h3-10,12,16H,2,11H2,1H3,(H,21,23)/t16-/m0/s1. The molecule has 0 saturated carbocycles. The molecule has 1 N–H and O–H groups in total. The van der Waals surface area contributed by atoms with Crippen molar-refractivity contribution in [3.63, 3.8) is 0 Å². The molecule has 5 heteroatoms. The van der Waals surface area contributed by atoms with Crippen molar-refractivity contribution >= 4 is 28.5 Å². The van der Waals surface area contributed by atoms with Gasteiger partial charge in [-0.15, -0.1) is 0 Å². The molecule has 0 bridgehead atoms. The van der Waals surface area contributed by atoms with E-state index in [0.29, 0.717) is 18.5 Å². The van der Waals surface area contributed by atoms with Gasteiger partial charge in [-0.3, -0.25) is 14.5 Å². The molecule has 25 heavy (non-hydrogen) atoms. The van der Waals surface area contributed by atoms with Crippen LogP contribution in [0.2, 0.25) is 0 Å². The largest absolute Gasteiger partial charge is 0.451 e. The van der Waals surface area contributed by atoms with Crippen LogP contribution in [0, 0.1) is 0 Å². The SMILES string of the molecule is CCNC(=O)[C@@H]1Cc2ccccc2N1C(=O)c1cc2ccccc2o1. The molecule has 0 aliphatic carbocycles. The Labute approximate surface area is 145 Å². The van der Waals surface area contributed by atoms with Crippen molar-refractivity contribution in [1.82, 2.24) is 5.32 Å². The molecule has 0 spiro atoms. The van der Waals surface area contributed by atoms with Crippen molar-refractivity contribution in [3.8, 4) is 0 Å². The number of carbonyl (C=O) groups excluding carboxylic acids is 2. The van der Waals surface area contributed by atoms with Crippen LogP contribution in [0.5, 0.6) is 0 Å². The molecule has 2 amide bonds. The molecular formula is C20H18N2O3.